The van der Waals surface area contributed by atoms with E-state index in [1.165, 1.54) is 24.5 Å². The third-order valence-electron chi connectivity index (χ3n) is 4.88. The number of thiazole rings is 1. The summed E-state index contributed by atoms with van der Waals surface area (Å²) >= 11 is 2.90. The number of nitrogens with two attached hydrogens (primary N) is 1. The van der Waals surface area contributed by atoms with Crippen molar-refractivity contribution in [3.63, 3.8) is 0 Å². The Hall–Kier alpha value is -2.72. The molecule has 1 aliphatic rings. The molecule has 0 unspecified atom stereocenters. The number of anilines is 2. The number of nitrogens with zero attached hydrogens (tertiary/aromatic N) is 4. The number of nitrogens with one attached hydrogen (secondary N) is 1. The molecule has 2 amide bonds. The number of carbonyl (C=O) groups is 2. The van der Waals surface area contributed by atoms with Crippen LogP contribution in [0.15, 0.2) is 35.6 Å². The molecule has 3 N–H and O–H groups in total. The second-order valence-corrected chi connectivity index (χ2v) is 9.21. The topological polar surface area (TPSA) is 114 Å². The van der Waals surface area contributed by atoms with E-state index in [0.29, 0.717) is 17.3 Å². The number of piperidine rings is 1. The predicted molar refractivity (Wildman–Crippen MR) is 120 cm³/mol. The smallest absolute Gasteiger partial charge is 0.250 e. The van der Waals surface area contributed by atoms with Crippen molar-refractivity contribution in [1.82, 2.24) is 15.0 Å². The minimum Gasteiger partial charge on any atom is -0.366 e. The van der Waals surface area contributed by atoms with Crippen molar-refractivity contribution in [2.24, 2.45) is 11.7 Å². The number of fused-ring (bicyclic) bond motifs is 1. The maximum Gasteiger partial charge on any atom is 0.250 e. The standard InChI is InChI=1S/C20H22N6O2S2/c1-12-5-4-8-26(9-12)20-25-18-16(30-20)19(23-11-22-18)29-10-15(27)24-14-7-3-2-6-13(14)17(21)28/h2-3,6-7,11-12H,4-5,8-10H2,1H3,(H2,21,28)(H,24,27)/t12-/m1/s1. The number of para-hydroxylation sites is 1. The zero-order chi connectivity index (χ0) is 21.1. The number of carbonyl (C=O) groups excluding carboxylic acids is 2. The second kappa shape index (κ2) is 8.97. The van der Waals surface area contributed by atoms with Crippen molar-refractivity contribution in [3.05, 3.63) is 36.2 Å². The molecule has 3 aromatic rings. The van der Waals surface area contributed by atoms with Crippen LogP contribution in [0.2, 0.25) is 0 Å². The Labute approximate surface area is 182 Å². The molecule has 30 heavy (non-hydrogen) atoms. The highest BCUT2D eigenvalue weighted by Crippen LogP contribution is 2.35. The van der Waals surface area contributed by atoms with Gasteiger partial charge in [0.25, 0.3) is 5.91 Å². The van der Waals surface area contributed by atoms with Gasteiger partial charge in [0.15, 0.2) is 10.8 Å². The summed E-state index contributed by atoms with van der Waals surface area (Å²) in [5.41, 5.74) is 6.71. The van der Waals surface area contributed by atoms with Crippen molar-refractivity contribution >= 4 is 56.1 Å². The Balaban J connectivity index is 1.46. The summed E-state index contributed by atoms with van der Waals surface area (Å²) < 4.78 is 0.890. The van der Waals surface area contributed by atoms with Crippen molar-refractivity contribution in [1.29, 1.82) is 0 Å². The molecule has 0 bridgehead atoms. The lowest BCUT2D eigenvalue weighted by Gasteiger charge is -2.30. The average molecular weight is 443 g/mol. The fourth-order valence-corrected chi connectivity index (χ4v) is 5.38. The summed E-state index contributed by atoms with van der Waals surface area (Å²) in [6.07, 6.45) is 3.89. The van der Waals surface area contributed by atoms with Crippen LogP contribution in [0.25, 0.3) is 10.3 Å². The van der Waals surface area contributed by atoms with E-state index in [-0.39, 0.29) is 17.2 Å². The largest absolute Gasteiger partial charge is 0.366 e. The highest BCUT2D eigenvalue weighted by atomic mass is 32.2. The quantitative estimate of drug-likeness (QED) is 0.445. The van der Waals surface area contributed by atoms with Gasteiger partial charge in [-0.1, -0.05) is 42.2 Å². The first-order valence-electron chi connectivity index (χ1n) is 9.69. The Morgan fingerprint density at radius 1 is 1.33 bits per heavy atom. The van der Waals surface area contributed by atoms with Gasteiger partial charge < -0.3 is 16.0 Å². The van der Waals surface area contributed by atoms with E-state index in [2.05, 4.69) is 32.1 Å². The monoisotopic (exact) mass is 442 g/mol. The molecular weight excluding hydrogens is 420 g/mol. The van der Waals surface area contributed by atoms with Crippen LogP contribution >= 0.6 is 23.1 Å². The number of amides is 2. The summed E-state index contributed by atoms with van der Waals surface area (Å²) in [5, 5.41) is 4.43. The number of aromatic nitrogens is 3. The third-order valence-corrected chi connectivity index (χ3v) is 7.11. The summed E-state index contributed by atoms with van der Waals surface area (Å²) in [6.45, 7) is 4.26. The fraction of sp³-hybridized carbons (Fsp3) is 0.350. The van der Waals surface area contributed by atoms with E-state index in [4.69, 9.17) is 5.73 Å². The van der Waals surface area contributed by atoms with Crippen LogP contribution in [-0.2, 0) is 4.79 Å². The molecule has 1 aromatic carbocycles. The lowest BCUT2D eigenvalue weighted by Crippen LogP contribution is -2.34. The van der Waals surface area contributed by atoms with E-state index in [9.17, 15) is 9.59 Å². The Morgan fingerprint density at radius 2 is 2.17 bits per heavy atom. The number of hydrogen-bond acceptors (Lipinski definition) is 8. The van der Waals surface area contributed by atoms with Crippen LogP contribution in [0.1, 0.15) is 30.1 Å². The highest BCUT2D eigenvalue weighted by Gasteiger charge is 2.21. The molecule has 0 spiro atoms. The summed E-state index contributed by atoms with van der Waals surface area (Å²) in [4.78, 5) is 39.6. The second-order valence-electron chi connectivity index (χ2n) is 7.27. The van der Waals surface area contributed by atoms with Gasteiger partial charge in [-0.25, -0.2) is 9.97 Å². The van der Waals surface area contributed by atoms with Gasteiger partial charge in [-0.15, -0.1) is 0 Å². The zero-order valence-electron chi connectivity index (χ0n) is 16.5. The van der Waals surface area contributed by atoms with E-state index in [1.807, 2.05) is 0 Å². The molecule has 3 heterocycles. The van der Waals surface area contributed by atoms with Crippen LogP contribution in [0, 0.1) is 5.92 Å². The average Bonchev–Trinajstić information content (AvgIpc) is 3.17. The van der Waals surface area contributed by atoms with Crippen LogP contribution < -0.4 is 16.0 Å². The number of rotatable bonds is 6. The van der Waals surface area contributed by atoms with Crippen molar-refractivity contribution in [3.8, 4) is 0 Å². The Bertz CT molecular complexity index is 1090. The van der Waals surface area contributed by atoms with Crippen molar-refractivity contribution < 1.29 is 9.59 Å². The molecule has 2 aromatic heterocycles. The normalized spacial score (nSPS) is 16.6. The Kier molecular flexibility index (Phi) is 6.14. The SMILES string of the molecule is C[C@@H]1CCCN(c2nc3ncnc(SCC(=O)Nc4ccccc4C(N)=O)c3s2)C1. The van der Waals surface area contributed by atoms with E-state index >= 15 is 0 Å². The van der Waals surface area contributed by atoms with Gasteiger partial charge >= 0.3 is 0 Å². The summed E-state index contributed by atoms with van der Waals surface area (Å²) in [7, 11) is 0. The number of primary amides is 1. The van der Waals surface area contributed by atoms with Gasteiger partial charge in [-0.05, 0) is 30.9 Å². The number of thioether (sulfide) groups is 1. The molecule has 1 atom stereocenters. The van der Waals surface area contributed by atoms with Gasteiger partial charge in [-0.3, -0.25) is 9.59 Å². The van der Waals surface area contributed by atoms with Crippen LogP contribution in [0.4, 0.5) is 10.8 Å². The minimum atomic E-state index is -0.583. The molecule has 4 rings (SSSR count). The first kappa shape index (κ1) is 20.5. The summed E-state index contributed by atoms with van der Waals surface area (Å²) in [6, 6.07) is 6.68. The molecule has 0 saturated carbocycles. The molecule has 1 aliphatic heterocycles. The lowest BCUT2D eigenvalue weighted by molar-refractivity contribution is -0.113. The maximum atomic E-state index is 12.4. The summed E-state index contributed by atoms with van der Waals surface area (Å²) in [5.74, 6) is -0.0271. The molecule has 1 fully saturated rings. The predicted octanol–water partition coefficient (Wildman–Crippen LogP) is 3.15. The molecule has 156 valence electrons. The van der Waals surface area contributed by atoms with Gasteiger partial charge in [0.2, 0.25) is 5.91 Å². The number of hydrogen-bond donors (Lipinski definition) is 2. The van der Waals surface area contributed by atoms with Gasteiger partial charge in [0.1, 0.15) is 16.1 Å². The van der Waals surface area contributed by atoms with Gasteiger partial charge in [0.05, 0.1) is 17.0 Å². The minimum absolute atomic E-state index is 0.146. The van der Waals surface area contributed by atoms with E-state index in [1.54, 1.807) is 35.6 Å². The van der Waals surface area contributed by atoms with Gasteiger partial charge in [-0.2, -0.15) is 4.98 Å². The van der Waals surface area contributed by atoms with Gasteiger partial charge in [0, 0.05) is 13.1 Å². The lowest BCUT2D eigenvalue weighted by atomic mass is 10.0. The van der Waals surface area contributed by atoms with Crippen LogP contribution in [0.5, 0.6) is 0 Å². The Morgan fingerprint density at radius 3 is 2.97 bits per heavy atom. The van der Waals surface area contributed by atoms with Crippen LogP contribution in [-0.4, -0.2) is 45.6 Å². The molecule has 8 nitrogen and oxygen atoms in total. The van der Waals surface area contributed by atoms with Crippen molar-refractivity contribution in [2.45, 2.75) is 24.8 Å². The third kappa shape index (κ3) is 4.54. The number of benzene rings is 1. The maximum absolute atomic E-state index is 12.4. The molecule has 0 aliphatic carbocycles. The molecule has 0 radical (unpaired) electrons. The molecule has 1 saturated heterocycles. The van der Waals surface area contributed by atoms with Crippen molar-refractivity contribution in [2.75, 3.05) is 29.1 Å². The first-order chi connectivity index (χ1) is 14.5. The zero-order valence-corrected chi connectivity index (χ0v) is 18.1. The highest BCUT2D eigenvalue weighted by molar-refractivity contribution is 8.00. The fourth-order valence-electron chi connectivity index (χ4n) is 3.45. The molecular formula is C20H22N6O2S2. The van der Waals surface area contributed by atoms with Crippen LogP contribution in [0.3, 0.4) is 0 Å². The first-order valence-corrected chi connectivity index (χ1v) is 11.5. The molecule has 10 heteroatoms. The van der Waals surface area contributed by atoms with E-state index < -0.39 is 5.91 Å². The van der Waals surface area contributed by atoms with E-state index in [0.717, 1.165) is 34.4 Å².